The van der Waals surface area contributed by atoms with E-state index in [0.29, 0.717) is 0 Å². The van der Waals surface area contributed by atoms with Crippen LogP contribution in [0.1, 0.15) is 47.0 Å². The monoisotopic (exact) mass is 490 g/mol. The fourth-order valence-electron chi connectivity index (χ4n) is 5.76. The minimum absolute atomic E-state index is 0.0117. The molecule has 0 unspecified atom stereocenters. The zero-order valence-corrected chi connectivity index (χ0v) is 21.3. The molecule has 188 valence electrons. The highest BCUT2D eigenvalue weighted by Gasteiger charge is 2.31. The fourth-order valence-corrected chi connectivity index (χ4v) is 5.76. The van der Waals surface area contributed by atoms with E-state index in [1.165, 1.54) is 35.1 Å². The molecule has 0 N–H and O–H groups in total. The summed E-state index contributed by atoms with van der Waals surface area (Å²) in [6.07, 6.45) is 9.21. The molecule has 6 rings (SSSR count). The molecule has 2 heterocycles. The molecule has 2 aliphatic rings. The molecule has 0 spiro atoms. The van der Waals surface area contributed by atoms with Gasteiger partial charge in [-0.25, -0.2) is 0 Å². The molecule has 4 aromatic rings. The Morgan fingerprint density at radius 2 is 1.54 bits per heavy atom. The van der Waals surface area contributed by atoms with E-state index in [-0.39, 0.29) is 6.04 Å². The van der Waals surface area contributed by atoms with Crippen LogP contribution in [0.25, 0.3) is 11.8 Å². The molecule has 1 aliphatic carbocycles. The number of tetrazole rings is 1. The van der Waals surface area contributed by atoms with Crippen molar-refractivity contribution in [2.24, 2.45) is 0 Å². The van der Waals surface area contributed by atoms with Crippen LogP contribution in [0.5, 0.6) is 0 Å². The van der Waals surface area contributed by atoms with Crippen molar-refractivity contribution >= 4 is 6.08 Å². The van der Waals surface area contributed by atoms with Crippen LogP contribution >= 0.6 is 0 Å². The van der Waals surface area contributed by atoms with Gasteiger partial charge in [0, 0.05) is 32.7 Å². The zero-order chi connectivity index (χ0) is 24.9. The van der Waals surface area contributed by atoms with Crippen LogP contribution in [0.2, 0.25) is 0 Å². The number of aryl methyl sites for hydroxylation is 1. The fraction of sp³-hybridized carbons (Fsp3) is 0.323. The van der Waals surface area contributed by atoms with Gasteiger partial charge in [-0.2, -0.15) is 4.68 Å². The van der Waals surface area contributed by atoms with E-state index >= 15 is 0 Å². The highest BCUT2D eigenvalue weighted by atomic mass is 15.6. The Bertz CT molecular complexity index is 1320. The summed E-state index contributed by atoms with van der Waals surface area (Å²) in [5, 5.41) is 13.4. The minimum Gasteiger partial charge on any atom is -0.297 e. The van der Waals surface area contributed by atoms with Crippen molar-refractivity contribution in [2.75, 3.05) is 32.7 Å². The molecule has 0 radical (unpaired) electrons. The average molecular weight is 491 g/mol. The predicted molar refractivity (Wildman–Crippen MR) is 148 cm³/mol. The Morgan fingerprint density at radius 1 is 0.784 bits per heavy atom. The van der Waals surface area contributed by atoms with Crippen LogP contribution in [0.4, 0.5) is 0 Å². The molecule has 0 amide bonds. The summed E-state index contributed by atoms with van der Waals surface area (Å²) in [5.41, 5.74) is 6.48. The van der Waals surface area contributed by atoms with Crippen molar-refractivity contribution in [1.29, 1.82) is 0 Å². The highest BCUT2D eigenvalue weighted by molar-refractivity contribution is 5.49. The number of fused-ring (bicyclic) bond motifs is 1. The first-order chi connectivity index (χ1) is 18.4. The van der Waals surface area contributed by atoms with Crippen molar-refractivity contribution < 1.29 is 0 Å². The van der Waals surface area contributed by atoms with Gasteiger partial charge in [0.15, 0.2) is 5.82 Å². The van der Waals surface area contributed by atoms with E-state index in [1.54, 1.807) is 0 Å². The highest BCUT2D eigenvalue weighted by Crippen LogP contribution is 2.32. The quantitative estimate of drug-likeness (QED) is 0.366. The number of piperazine rings is 1. The van der Waals surface area contributed by atoms with Gasteiger partial charge in [-0.15, -0.1) is 5.10 Å². The average Bonchev–Trinajstić information content (AvgIpc) is 3.44. The summed E-state index contributed by atoms with van der Waals surface area (Å²) in [7, 11) is 0. The maximum absolute atomic E-state index is 4.63. The van der Waals surface area contributed by atoms with Crippen LogP contribution in [-0.2, 0) is 12.8 Å². The van der Waals surface area contributed by atoms with Crippen LogP contribution in [0, 0.1) is 0 Å². The van der Waals surface area contributed by atoms with E-state index in [0.717, 1.165) is 57.1 Å². The molecular weight excluding hydrogens is 456 g/mol. The van der Waals surface area contributed by atoms with Gasteiger partial charge in [-0.05, 0) is 64.4 Å². The van der Waals surface area contributed by atoms with Gasteiger partial charge in [0.05, 0.1) is 11.7 Å². The van der Waals surface area contributed by atoms with Gasteiger partial charge in [-0.1, -0.05) is 84.9 Å². The summed E-state index contributed by atoms with van der Waals surface area (Å²) in [4.78, 5) is 5.07. The van der Waals surface area contributed by atoms with Crippen molar-refractivity contribution in [3.8, 4) is 5.69 Å². The molecule has 1 atom stereocenters. The van der Waals surface area contributed by atoms with Crippen LogP contribution in [0.3, 0.4) is 0 Å². The third-order valence-electron chi connectivity index (χ3n) is 7.70. The Balaban J connectivity index is 1.24. The molecular formula is C31H34N6. The second-order valence-electron chi connectivity index (χ2n) is 10.0. The van der Waals surface area contributed by atoms with Gasteiger partial charge >= 0.3 is 0 Å². The summed E-state index contributed by atoms with van der Waals surface area (Å²) >= 11 is 0. The van der Waals surface area contributed by atoms with Gasteiger partial charge in [0.1, 0.15) is 0 Å². The van der Waals surface area contributed by atoms with Crippen molar-refractivity contribution in [3.63, 3.8) is 0 Å². The van der Waals surface area contributed by atoms with E-state index in [4.69, 9.17) is 0 Å². The lowest BCUT2D eigenvalue weighted by Crippen LogP contribution is -2.48. The lowest BCUT2D eigenvalue weighted by molar-refractivity contribution is 0.113. The summed E-state index contributed by atoms with van der Waals surface area (Å²) in [6, 6.07) is 27.9. The van der Waals surface area contributed by atoms with Gasteiger partial charge < -0.3 is 0 Å². The first-order valence-corrected chi connectivity index (χ1v) is 13.5. The van der Waals surface area contributed by atoms with Crippen LogP contribution < -0.4 is 0 Å². The molecule has 6 nitrogen and oxygen atoms in total. The maximum Gasteiger partial charge on any atom is 0.178 e. The Hall–Kier alpha value is -3.61. The van der Waals surface area contributed by atoms with Crippen LogP contribution in [-0.4, -0.2) is 62.7 Å². The molecule has 1 aromatic heterocycles. The van der Waals surface area contributed by atoms with Gasteiger partial charge in [0.25, 0.3) is 0 Å². The third kappa shape index (κ3) is 5.26. The predicted octanol–water partition coefficient (Wildman–Crippen LogP) is 4.96. The van der Waals surface area contributed by atoms with Gasteiger partial charge in [0.2, 0.25) is 0 Å². The van der Waals surface area contributed by atoms with Crippen LogP contribution in [0.15, 0.2) is 84.9 Å². The molecule has 1 aliphatic heterocycles. The summed E-state index contributed by atoms with van der Waals surface area (Å²) in [5.74, 6) is 0.905. The number of hydrogen-bond donors (Lipinski definition) is 0. The number of aromatic nitrogens is 4. The molecule has 37 heavy (non-hydrogen) atoms. The first-order valence-electron chi connectivity index (χ1n) is 13.5. The molecule has 3 aromatic carbocycles. The summed E-state index contributed by atoms with van der Waals surface area (Å²) < 4.78 is 2.01. The molecule has 1 saturated heterocycles. The number of benzene rings is 3. The van der Waals surface area contributed by atoms with E-state index in [2.05, 4.69) is 116 Å². The number of nitrogens with zero attached hydrogens (tertiary/aromatic N) is 6. The second-order valence-corrected chi connectivity index (χ2v) is 10.0. The minimum atomic E-state index is 0.0117. The zero-order valence-electron chi connectivity index (χ0n) is 21.3. The SMILES string of the molecule is C(=Cc1ccccc1)CN1CCN([C@@H](c2ccccc2)c2nnnn2-c2cccc3c2CCCC3)CC1. The lowest BCUT2D eigenvalue weighted by Gasteiger charge is -2.38. The number of hydrogen-bond acceptors (Lipinski definition) is 5. The van der Waals surface area contributed by atoms with Crippen molar-refractivity contribution in [1.82, 2.24) is 30.0 Å². The number of rotatable bonds is 7. The normalized spacial score (nSPS) is 17.6. The third-order valence-corrected chi connectivity index (χ3v) is 7.70. The maximum atomic E-state index is 4.63. The lowest BCUT2D eigenvalue weighted by atomic mass is 9.90. The first kappa shape index (κ1) is 23.8. The molecule has 0 saturated carbocycles. The van der Waals surface area contributed by atoms with Crippen molar-refractivity contribution in [3.05, 3.63) is 113 Å². The Labute approximate surface area is 219 Å². The Morgan fingerprint density at radius 3 is 2.35 bits per heavy atom. The summed E-state index contributed by atoms with van der Waals surface area (Å²) in [6.45, 7) is 4.94. The smallest absolute Gasteiger partial charge is 0.178 e. The standard InChI is InChI=1S/C31H34N6/c1-3-11-25(12-4-1)13-10-20-35-21-23-36(24-22-35)30(27-15-5-2-6-16-27)31-32-33-34-37(31)29-19-9-17-26-14-7-8-18-28(26)29/h1-6,9-13,15-17,19,30H,7-8,14,18,20-24H2/t30-/m0/s1. The van der Waals surface area contributed by atoms with E-state index in [1.807, 2.05) is 4.68 Å². The largest absolute Gasteiger partial charge is 0.297 e. The Kier molecular flexibility index (Phi) is 7.19. The van der Waals surface area contributed by atoms with Crippen molar-refractivity contribution in [2.45, 2.75) is 31.7 Å². The van der Waals surface area contributed by atoms with E-state index < -0.39 is 0 Å². The molecule has 0 bridgehead atoms. The molecule has 6 heteroatoms. The molecule has 1 fully saturated rings. The topological polar surface area (TPSA) is 50.1 Å². The van der Waals surface area contributed by atoms with E-state index in [9.17, 15) is 0 Å². The second kappa shape index (κ2) is 11.2. The van der Waals surface area contributed by atoms with Gasteiger partial charge in [-0.3, -0.25) is 9.80 Å².